The fourth-order valence-corrected chi connectivity index (χ4v) is 2.12. The Balaban J connectivity index is 2.05. The minimum Gasteiger partial charge on any atom is -0.490 e. The lowest BCUT2D eigenvalue weighted by molar-refractivity contribution is -0.119. The number of hydrogen-bond donors (Lipinski definition) is 0. The quantitative estimate of drug-likeness (QED) is 0.610. The molecule has 0 spiro atoms. The van der Waals surface area contributed by atoms with E-state index in [9.17, 15) is 4.79 Å². The monoisotopic (exact) mass is 253 g/mol. The van der Waals surface area contributed by atoms with Gasteiger partial charge in [0.15, 0.2) is 0 Å². The highest BCUT2D eigenvalue weighted by atomic mass is 35.5. The van der Waals surface area contributed by atoms with E-state index in [1.165, 1.54) is 0 Å². The molecule has 1 aromatic carbocycles. The van der Waals surface area contributed by atoms with Crippen molar-refractivity contribution in [1.82, 2.24) is 0 Å². The van der Waals surface area contributed by atoms with E-state index in [0.717, 1.165) is 24.3 Å². The van der Waals surface area contributed by atoms with Gasteiger partial charge in [-0.3, -0.25) is 4.79 Å². The second kappa shape index (κ2) is 5.92. The van der Waals surface area contributed by atoms with Crippen molar-refractivity contribution in [3.05, 3.63) is 24.3 Å². The van der Waals surface area contributed by atoms with Crippen molar-refractivity contribution < 1.29 is 9.53 Å². The molecule has 1 aromatic rings. The van der Waals surface area contributed by atoms with Gasteiger partial charge in [-0.1, -0.05) is 12.1 Å². The van der Waals surface area contributed by atoms with Gasteiger partial charge in [0.2, 0.25) is 5.91 Å². The lowest BCUT2D eigenvalue weighted by Crippen LogP contribution is -2.37. The SMILES string of the molecule is O=C(CCCCCl)N1CCOc2ccccc21. The minimum absolute atomic E-state index is 0.158. The van der Waals surface area contributed by atoms with Crippen LogP contribution in [-0.4, -0.2) is 24.9 Å². The van der Waals surface area contributed by atoms with E-state index in [1.807, 2.05) is 29.2 Å². The maximum atomic E-state index is 12.1. The minimum atomic E-state index is 0.158. The summed E-state index contributed by atoms with van der Waals surface area (Å²) < 4.78 is 5.51. The first kappa shape index (κ1) is 12.2. The van der Waals surface area contributed by atoms with Crippen LogP contribution < -0.4 is 9.64 Å². The topological polar surface area (TPSA) is 29.5 Å². The van der Waals surface area contributed by atoms with E-state index in [1.54, 1.807) is 0 Å². The second-order valence-electron chi connectivity index (χ2n) is 4.01. The molecular weight excluding hydrogens is 238 g/mol. The standard InChI is InChI=1S/C13H16ClNO2/c14-8-4-3-7-13(16)15-9-10-17-12-6-2-1-5-11(12)15/h1-2,5-6H,3-4,7-10H2. The zero-order valence-electron chi connectivity index (χ0n) is 9.69. The van der Waals surface area contributed by atoms with Gasteiger partial charge in [-0.05, 0) is 25.0 Å². The van der Waals surface area contributed by atoms with Crippen molar-refractivity contribution in [2.45, 2.75) is 19.3 Å². The number of hydrogen-bond acceptors (Lipinski definition) is 2. The average molecular weight is 254 g/mol. The number of fused-ring (bicyclic) bond motifs is 1. The summed E-state index contributed by atoms with van der Waals surface area (Å²) in [4.78, 5) is 13.9. The number of para-hydroxylation sites is 2. The summed E-state index contributed by atoms with van der Waals surface area (Å²) in [6.07, 6.45) is 2.29. The summed E-state index contributed by atoms with van der Waals surface area (Å²) in [6, 6.07) is 7.66. The Labute approximate surface area is 106 Å². The number of carbonyl (C=O) groups excluding carboxylic acids is 1. The molecule has 3 nitrogen and oxygen atoms in total. The van der Waals surface area contributed by atoms with Gasteiger partial charge in [-0.25, -0.2) is 0 Å². The van der Waals surface area contributed by atoms with Crippen LogP contribution in [0, 0.1) is 0 Å². The largest absolute Gasteiger partial charge is 0.490 e. The molecule has 0 unspecified atom stereocenters. The second-order valence-corrected chi connectivity index (χ2v) is 4.39. The van der Waals surface area contributed by atoms with Gasteiger partial charge in [0, 0.05) is 12.3 Å². The molecule has 0 saturated carbocycles. The van der Waals surface area contributed by atoms with Crippen LogP contribution in [0.3, 0.4) is 0 Å². The van der Waals surface area contributed by atoms with Gasteiger partial charge >= 0.3 is 0 Å². The molecule has 2 rings (SSSR count). The summed E-state index contributed by atoms with van der Waals surface area (Å²) in [5, 5.41) is 0. The van der Waals surface area contributed by atoms with Crippen LogP contribution in [0.15, 0.2) is 24.3 Å². The maximum Gasteiger partial charge on any atom is 0.227 e. The number of unbranched alkanes of at least 4 members (excludes halogenated alkanes) is 1. The number of benzene rings is 1. The fourth-order valence-electron chi connectivity index (χ4n) is 1.93. The van der Waals surface area contributed by atoms with Crippen LogP contribution in [0.2, 0.25) is 0 Å². The molecule has 4 heteroatoms. The highest BCUT2D eigenvalue weighted by Gasteiger charge is 2.22. The van der Waals surface area contributed by atoms with E-state index in [4.69, 9.17) is 16.3 Å². The van der Waals surface area contributed by atoms with Gasteiger partial charge < -0.3 is 9.64 Å². The zero-order chi connectivity index (χ0) is 12.1. The first-order valence-corrected chi connectivity index (χ1v) is 6.44. The molecular formula is C13H16ClNO2. The molecule has 0 aromatic heterocycles. The predicted molar refractivity (Wildman–Crippen MR) is 68.9 cm³/mol. The first-order chi connectivity index (χ1) is 8.33. The Morgan fingerprint density at radius 1 is 1.35 bits per heavy atom. The molecule has 0 N–H and O–H groups in total. The number of nitrogens with zero attached hydrogens (tertiary/aromatic N) is 1. The summed E-state index contributed by atoms with van der Waals surface area (Å²) in [5.41, 5.74) is 0.884. The first-order valence-electron chi connectivity index (χ1n) is 5.91. The lowest BCUT2D eigenvalue weighted by Gasteiger charge is -2.29. The van der Waals surface area contributed by atoms with Crippen molar-refractivity contribution >= 4 is 23.2 Å². The Hall–Kier alpha value is -1.22. The zero-order valence-corrected chi connectivity index (χ0v) is 10.4. The summed E-state index contributed by atoms with van der Waals surface area (Å²) in [7, 11) is 0. The van der Waals surface area contributed by atoms with Crippen LogP contribution in [0.4, 0.5) is 5.69 Å². The Morgan fingerprint density at radius 2 is 2.18 bits per heavy atom. The number of halogens is 1. The van der Waals surface area contributed by atoms with Crippen LogP contribution in [0.1, 0.15) is 19.3 Å². The van der Waals surface area contributed by atoms with Gasteiger partial charge in [0.05, 0.1) is 12.2 Å². The van der Waals surface area contributed by atoms with Crippen molar-refractivity contribution in [2.75, 3.05) is 23.9 Å². The molecule has 0 aliphatic carbocycles. The third-order valence-corrected chi connectivity index (χ3v) is 3.07. The highest BCUT2D eigenvalue weighted by molar-refractivity contribution is 6.17. The molecule has 1 aliphatic heterocycles. The van der Waals surface area contributed by atoms with E-state index in [2.05, 4.69) is 0 Å². The number of rotatable bonds is 4. The Kier molecular flexibility index (Phi) is 4.26. The molecule has 0 radical (unpaired) electrons. The van der Waals surface area contributed by atoms with Crippen LogP contribution in [0.25, 0.3) is 0 Å². The third kappa shape index (κ3) is 2.91. The summed E-state index contributed by atoms with van der Waals surface area (Å²) >= 11 is 5.61. The third-order valence-electron chi connectivity index (χ3n) is 2.80. The molecule has 0 saturated heterocycles. The molecule has 0 fully saturated rings. The van der Waals surface area contributed by atoms with Crippen molar-refractivity contribution in [1.29, 1.82) is 0 Å². The smallest absolute Gasteiger partial charge is 0.227 e. The van der Waals surface area contributed by atoms with Crippen molar-refractivity contribution in [2.24, 2.45) is 0 Å². The van der Waals surface area contributed by atoms with Crippen LogP contribution >= 0.6 is 11.6 Å². The normalized spacial score (nSPS) is 14.1. The molecule has 17 heavy (non-hydrogen) atoms. The van der Waals surface area contributed by atoms with Crippen LogP contribution in [0.5, 0.6) is 5.75 Å². The van der Waals surface area contributed by atoms with E-state index in [-0.39, 0.29) is 5.91 Å². The van der Waals surface area contributed by atoms with Gasteiger partial charge in [-0.2, -0.15) is 0 Å². The number of ether oxygens (including phenoxy) is 1. The van der Waals surface area contributed by atoms with Crippen molar-refractivity contribution in [3.8, 4) is 5.75 Å². The lowest BCUT2D eigenvalue weighted by atomic mass is 10.2. The van der Waals surface area contributed by atoms with E-state index < -0.39 is 0 Å². The highest BCUT2D eigenvalue weighted by Crippen LogP contribution is 2.31. The van der Waals surface area contributed by atoms with Crippen LogP contribution in [-0.2, 0) is 4.79 Å². The molecule has 0 atom stereocenters. The number of amides is 1. The summed E-state index contributed by atoms with van der Waals surface area (Å²) in [6.45, 7) is 1.20. The Bertz CT molecular complexity index is 395. The predicted octanol–water partition coefficient (Wildman–Crippen LogP) is 2.82. The summed E-state index contributed by atoms with van der Waals surface area (Å²) in [5.74, 6) is 1.57. The molecule has 1 amide bonds. The number of carbonyl (C=O) groups is 1. The van der Waals surface area contributed by atoms with Gasteiger partial charge in [0.25, 0.3) is 0 Å². The van der Waals surface area contributed by atoms with Crippen molar-refractivity contribution in [3.63, 3.8) is 0 Å². The number of alkyl halides is 1. The van der Waals surface area contributed by atoms with E-state index >= 15 is 0 Å². The maximum absolute atomic E-state index is 12.1. The average Bonchev–Trinajstić information content (AvgIpc) is 2.38. The Morgan fingerprint density at radius 3 is 3.00 bits per heavy atom. The molecule has 1 aliphatic rings. The molecule has 1 heterocycles. The van der Waals surface area contributed by atoms with Gasteiger partial charge in [-0.15, -0.1) is 11.6 Å². The molecule has 92 valence electrons. The van der Waals surface area contributed by atoms with E-state index in [0.29, 0.717) is 25.5 Å². The number of anilines is 1. The van der Waals surface area contributed by atoms with Gasteiger partial charge in [0.1, 0.15) is 12.4 Å². The fraction of sp³-hybridized carbons (Fsp3) is 0.462. The molecule has 0 bridgehead atoms.